The molecule has 0 N–H and O–H groups in total. The number of piperidine rings is 1. The third-order valence-electron chi connectivity index (χ3n) is 4.64. The number of alkyl halides is 3. The van der Waals surface area contributed by atoms with Crippen molar-refractivity contribution < 1.29 is 22.3 Å². The summed E-state index contributed by atoms with van der Waals surface area (Å²) in [5.74, 6) is -0.268. The minimum Gasteiger partial charge on any atom is -0.371 e. The van der Waals surface area contributed by atoms with E-state index in [2.05, 4.69) is 4.90 Å². The van der Waals surface area contributed by atoms with Gasteiger partial charge < -0.3 is 9.64 Å². The van der Waals surface area contributed by atoms with Gasteiger partial charge in [0.05, 0.1) is 6.61 Å². The molecule has 1 aromatic rings. The first-order chi connectivity index (χ1) is 10.9. The first kappa shape index (κ1) is 16.5. The molecule has 2 saturated heterocycles. The largest absolute Gasteiger partial charge is 0.415 e. The third-order valence-corrected chi connectivity index (χ3v) is 4.64. The molecule has 128 valence electrons. The predicted molar refractivity (Wildman–Crippen MR) is 79.0 cm³/mol. The van der Waals surface area contributed by atoms with Gasteiger partial charge in [-0.2, -0.15) is 13.2 Å². The molecule has 0 unspecified atom stereocenters. The van der Waals surface area contributed by atoms with Gasteiger partial charge in [0.15, 0.2) is 6.10 Å². The first-order valence-electron chi connectivity index (χ1n) is 7.86. The zero-order valence-electron chi connectivity index (χ0n) is 12.7. The molecular formula is C16H20F4N2O. The molecule has 3 rings (SSSR count). The van der Waals surface area contributed by atoms with E-state index < -0.39 is 12.3 Å². The zero-order valence-corrected chi connectivity index (χ0v) is 12.7. The van der Waals surface area contributed by atoms with E-state index in [1.807, 2.05) is 4.90 Å². The van der Waals surface area contributed by atoms with E-state index in [0.29, 0.717) is 6.54 Å². The third kappa shape index (κ3) is 3.95. The van der Waals surface area contributed by atoms with Crippen molar-refractivity contribution in [3.05, 3.63) is 30.1 Å². The number of hydrogen-bond donors (Lipinski definition) is 0. The number of hydrogen-bond acceptors (Lipinski definition) is 3. The maximum absolute atomic E-state index is 13.0. The quantitative estimate of drug-likeness (QED) is 0.774. The van der Waals surface area contributed by atoms with Gasteiger partial charge in [-0.3, -0.25) is 4.90 Å². The Balaban J connectivity index is 1.55. The fraction of sp³-hybridized carbons (Fsp3) is 0.625. The summed E-state index contributed by atoms with van der Waals surface area (Å²) in [6.45, 7) is 2.13. The molecule has 3 nitrogen and oxygen atoms in total. The van der Waals surface area contributed by atoms with E-state index in [1.54, 1.807) is 12.1 Å². The summed E-state index contributed by atoms with van der Waals surface area (Å²) >= 11 is 0. The first-order valence-corrected chi connectivity index (χ1v) is 7.86. The number of benzene rings is 1. The topological polar surface area (TPSA) is 15.7 Å². The highest BCUT2D eigenvalue weighted by Gasteiger charge is 2.44. The molecule has 23 heavy (non-hydrogen) atoms. The molecule has 0 amide bonds. The van der Waals surface area contributed by atoms with Crippen LogP contribution in [0.3, 0.4) is 0 Å². The molecule has 0 radical (unpaired) electrons. The Hall–Kier alpha value is -1.34. The Morgan fingerprint density at radius 2 is 1.65 bits per heavy atom. The van der Waals surface area contributed by atoms with E-state index in [4.69, 9.17) is 4.74 Å². The van der Waals surface area contributed by atoms with Crippen molar-refractivity contribution in [2.45, 2.75) is 31.2 Å². The molecule has 0 aromatic heterocycles. The van der Waals surface area contributed by atoms with E-state index in [0.717, 1.165) is 31.6 Å². The monoisotopic (exact) mass is 332 g/mol. The highest BCUT2D eigenvalue weighted by molar-refractivity contribution is 5.46. The Labute approximate surface area is 132 Å². The number of nitrogens with zero attached hydrogens (tertiary/aromatic N) is 2. The van der Waals surface area contributed by atoms with Gasteiger partial charge in [-0.05, 0) is 37.1 Å². The van der Waals surface area contributed by atoms with Gasteiger partial charge >= 0.3 is 6.18 Å². The van der Waals surface area contributed by atoms with Gasteiger partial charge in [-0.1, -0.05) is 0 Å². The van der Waals surface area contributed by atoms with E-state index in [-0.39, 0.29) is 25.0 Å². The second-order valence-electron chi connectivity index (χ2n) is 6.09. The van der Waals surface area contributed by atoms with Gasteiger partial charge in [0, 0.05) is 37.9 Å². The average molecular weight is 332 g/mol. The van der Waals surface area contributed by atoms with E-state index in [1.165, 1.54) is 12.1 Å². The Morgan fingerprint density at radius 1 is 1.00 bits per heavy atom. The predicted octanol–water partition coefficient (Wildman–Crippen LogP) is 3.06. The van der Waals surface area contributed by atoms with E-state index >= 15 is 0 Å². The van der Waals surface area contributed by atoms with E-state index in [9.17, 15) is 17.6 Å². The Bertz CT molecular complexity index is 512. The van der Waals surface area contributed by atoms with Crippen molar-refractivity contribution in [1.29, 1.82) is 0 Å². The van der Waals surface area contributed by atoms with Crippen LogP contribution >= 0.6 is 0 Å². The van der Waals surface area contributed by atoms with Crippen LogP contribution in [-0.4, -0.2) is 56.0 Å². The summed E-state index contributed by atoms with van der Waals surface area (Å²) in [6, 6.07) is 6.49. The fourth-order valence-corrected chi connectivity index (χ4v) is 3.34. The molecular weight excluding hydrogens is 312 g/mol. The number of ether oxygens (including phenoxy) is 1. The number of anilines is 1. The molecule has 7 heteroatoms. The van der Waals surface area contributed by atoms with Crippen LogP contribution < -0.4 is 4.90 Å². The maximum atomic E-state index is 13.0. The Kier molecular flexibility index (Phi) is 4.77. The molecule has 2 aliphatic rings. The van der Waals surface area contributed by atoms with Crippen LogP contribution in [0.4, 0.5) is 23.2 Å². The second kappa shape index (κ2) is 6.65. The van der Waals surface area contributed by atoms with Crippen LogP contribution in [0, 0.1) is 5.82 Å². The van der Waals surface area contributed by atoms with Crippen LogP contribution in [0.25, 0.3) is 0 Å². The highest BCUT2D eigenvalue weighted by atomic mass is 19.4. The van der Waals surface area contributed by atoms with Crippen molar-refractivity contribution in [3.63, 3.8) is 0 Å². The summed E-state index contributed by atoms with van der Waals surface area (Å²) in [5.41, 5.74) is 0.958. The minimum absolute atomic E-state index is 0.0787. The molecule has 0 bridgehead atoms. The SMILES string of the molecule is Fc1ccc(N2CCC(N3CCO[C@H](C(F)(F)F)C3)CC2)cc1. The van der Waals surface area contributed by atoms with Crippen LogP contribution in [0.5, 0.6) is 0 Å². The molecule has 0 saturated carbocycles. The van der Waals surface area contributed by atoms with Gasteiger partial charge in [-0.25, -0.2) is 4.39 Å². The number of halogens is 4. The summed E-state index contributed by atoms with van der Waals surface area (Å²) in [4.78, 5) is 4.06. The van der Waals surface area contributed by atoms with Gasteiger partial charge in [0.1, 0.15) is 5.82 Å². The summed E-state index contributed by atoms with van der Waals surface area (Å²) in [6.07, 6.45) is -4.36. The van der Waals surface area contributed by atoms with Crippen LogP contribution in [-0.2, 0) is 4.74 Å². The standard InChI is InChI=1S/C16H20F4N2O/c17-12-1-3-13(4-2-12)21-7-5-14(6-8-21)22-9-10-23-15(11-22)16(18,19)20/h1-4,14-15H,5-11H2/t15-/m0/s1. The Morgan fingerprint density at radius 3 is 2.26 bits per heavy atom. The van der Waals surface area contributed by atoms with Crippen molar-refractivity contribution in [2.24, 2.45) is 0 Å². The lowest BCUT2D eigenvalue weighted by molar-refractivity contribution is -0.239. The molecule has 1 atom stereocenters. The second-order valence-corrected chi connectivity index (χ2v) is 6.09. The molecule has 2 fully saturated rings. The highest BCUT2D eigenvalue weighted by Crippen LogP contribution is 2.29. The molecule has 0 aliphatic carbocycles. The van der Waals surface area contributed by atoms with Crippen LogP contribution in [0.2, 0.25) is 0 Å². The van der Waals surface area contributed by atoms with Crippen molar-refractivity contribution in [3.8, 4) is 0 Å². The molecule has 2 heterocycles. The lowest BCUT2D eigenvalue weighted by Crippen LogP contribution is -2.54. The number of morpholine rings is 1. The number of rotatable bonds is 2. The smallest absolute Gasteiger partial charge is 0.371 e. The lowest BCUT2D eigenvalue weighted by atomic mass is 10.0. The minimum atomic E-state index is -4.30. The van der Waals surface area contributed by atoms with Crippen LogP contribution in [0.15, 0.2) is 24.3 Å². The fourth-order valence-electron chi connectivity index (χ4n) is 3.34. The lowest BCUT2D eigenvalue weighted by Gasteiger charge is -2.43. The normalized spacial score (nSPS) is 24.9. The van der Waals surface area contributed by atoms with Crippen molar-refractivity contribution in [1.82, 2.24) is 4.90 Å². The molecule has 2 aliphatic heterocycles. The van der Waals surface area contributed by atoms with Gasteiger partial charge in [0.25, 0.3) is 0 Å². The molecule has 1 aromatic carbocycles. The average Bonchev–Trinajstić information content (AvgIpc) is 2.55. The summed E-state index contributed by atoms with van der Waals surface area (Å²) < 4.78 is 56.2. The molecule has 0 spiro atoms. The van der Waals surface area contributed by atoms with Gasteiger partial charge in [-0.15, -0.1) is 0 Å². The van der Waals surface area contributed by atoms with Crippen molar-refractivity contribution >= 4 is 5.69 Å². The van der Waals surface area contributed by atoms with Crippen LogP contribution in [0.1, 0.15) is 12.8 Å². The maximum Gasteiger partial charge on any atom is 0.415 e. The van der Waals surface area contributed by atoms with Gasteiger partial charge in [0.2, 0.25) is 0 Å². The summed E-state index contributed by atoms with van der Waals surface area (Å²) in [5, 5.41) is 0. The summed E-state index contributed by atoms with van der Waals surface area (Å²) in [7, 11) is 0. The zero-order chi connectivity index (χ0) is 16.4. The van der Waals surface area contributed by atoms with Crippen molar-refractivity contribution in [2.75, 3.05) is 37.7 Å².